The SMILES string of the molecule is CCCCC1(c2ccccc2)NC(=O)N(Cc2cc(-c3ccccc3)no2)C1=O. The minimum atomic E-state index is -1.03. The van der Waals surface area contributed by atoms with Crippen LogP contribution in [0.5, 0.6) is 0 Å². The van der Waals surface area contributed by atoms with Gasteiger partial charge < -0.3 is 9.84 Å². The first-order valence-electron chi connectivity index (χ1n) is 9.84. The first-order chi connectivity index (χ1) is 14.1. The summed E-state index contributed by atoms with van der Waals surface area (Å²) in [6, 6.07) is 20.4. The minimum absolute atomic E-state index is 0.0468. The van der Waals surface area contributed by atoms with E-state index in [1.54, 1.807) is 6.07 Å². The lowest BCUT2D eigenvalue weighted by molar-refractivity contribution is -0.132. The Labute approximate surface area is 169 Å². The van der Waals surface area contributed by atoms with E-state index in [1.165, 1.54) is 4.90 Å². The highest BCUT2D eigenvalue weighted by atomic mass is 16.5. The van der Waals surface area contributed by atoms with Gasteiger partial charge in [0.05, 0.1) is 6.54 Å². The Hall–Kier alpha value is -3.41. The average Bonchev–Trinajstić information content (AvgIpc) is 3.33. The maximum absolute atomic E-state index is 13.4. The number of hydrogen-bond acceptors (Lipinski definition) is 4. The summed E-state index contributed by atoms with van der Waals surface area (Å²) >= 11 is 0. The van der Waals surface area contributed by atoms with E-state index in [1.807, 2.05) is 60.7 Å². The summed E-state index contributed by atoms with van der Waals surface area (Å²) in [5.41, 5.74) is 1.36. The smallest absolute Gasteiger partial charge is 0.325 e. The van der Waals surface area contributed by atoms with E-state index in [4.69, 9.17) is 4.52 Å². The Bertz CT molecular complexity index is 1000. The van der Waals surface area contributed by atoms with E-state index in [9.17, 15) is 9.59 Å². The molecule has 148 valence electrons. The van der Waals surface area contributed by atoms with Crippen molar-refractivity contribution in [2.45, 2.75) is 38.3 Å². The molecule has 29 heavy (non-hydrogen) atoms. The number of nitrogens with one attached hydrogen (secondary N) is 1. The van der Waals surface area contributed by atoms with Crippen molar-refractivity contribution in [3.63, 3.8) is 0 Å². The Morgan fingerprint density at radius 2 is 1.72 bits per heavy atom. The van der Waals surface area contributed by atoms with Crippen LogP contribution >= 0.6 is 0 Å². The van der Waals surface area contributed by atoms with E-state index >= 15 is 0 Å². The van der Waals surface area contributed by atoms with Crippen LogP contribution < -0.4 is 5.32 Å². The third kappa shape index (κ3) is 3.53. The first-order valence-corrected chi connectivity index (χ1v) is 9.84. The molecule has 2 aromatic carbocycles. The van der Waals surface area contributed by atoms with Crippen molar-refractivity contribution in [1.82, 2.24) is 15.4 Å². The van der Waals surface area contributed by atoms with Crippen LogP contribution in [-0.2, 0) is 16.9 Å². The van der Waals surface area contributed by atoms with Gasteiger partial charge in [0, 0.05) is 11.6 Å². The predicted molar refractivity (Wildman–Crippen MR) is 109 cm³/mol. The number of nitrogens with zero attached hydrogens (tertiary/aromatic N) is 2. The number of aromatic nitrogens is 1. The van der Waals surface area contributed by atoms with Crippen LogP contribution in [0.1, 0.15) is 37.5 Å². The fourth-order valence-electron chi connectivity index (χ4n) is 3.73. The highest BCUT2D eigenvalue weighted by Crippen LogP contribution is 2.35. The fraction of sp³-hybridized carbons (Fsp3) is 0.261. The molecule has 3 amide bonds. The number of carbonyl (C=O) groups excluding carboxylic acids is 2. The molecular weight excluding hydrogens is 366 g/mol. The molecule has 0 saturated carbocycles. The Morgan fingerprint density at radius 3 is 2.41 bits per heavy atom. The van der Waals surface area contributed by atoms with Crippen molar-refractivity contribution in [2.24, 2.45) is 0 Å². The van der Waals surface area contributed by atoms with Gasteiger partial charge in [-0.3, -0.25) is 9.69 Å². The molecule has 0 bridgehead atoms. The monoisotopic (exact) mass is 389 g/mol. The van der Waals surface area contributed by atoms with Gasteiger partial charge in [0.25, 0.3) is 5.91 Å². The Kier molecular flexibility index (Phi) is 5.16. The predicted octanol–water partition coefficient (Wildman–Crippen LogP) is 4.48. The molecule has 1 atom stereocenters. The summed E-state index contributed by atoms with van der Waals surface area (Å²) in [6.07, 6.45) is 2.32. The third-order valence-electron chi connectivity index (χ3n) is 5.29. The summed E-state index contributed by atoms with van der Waals surface area (Å²) in [5, 5.41) is 7.03. The Balaban J connectivity index is 1.60. The number of hydrogen-bond donors (Lipinski definition) is 1. The summed E-state index contributed by atoms with van der Waals surface area (Å²) < 4.78 is 5.41. The Morgan fingerprint density at radius 1 is 1.03 bits per heavy atom. The third-order valence-corrected chi connectivity index (χ3v) is 5.29. The molecule has 2 heterocycles. The van der Waals surface area contributed by atoms with Crippen molar-refractivity contribution in [2.75, 3.05) is 0 Å². The standard InChI is InChI=1S/C23H23N3O3/c1-2-3-14-23(18-12-8-5-9-13-18)21(27)26(22(28)24-23)16-19-15-20(25-29-19)17-10-6-4-7-11-17/h4-13,15H,2-3,14,16H2,1H3,(H,24,28). The lowest BCUT2D eigenvalue weighted by Gasteiger charge is -2.27. The minimum Gasteiger partial charge on any atom is -0.359 e. The van der Waals surface area contributed by atoms with Gasteiger partial charge in [0.2, 0.25) is 0 Å². The zero-order chi connectivity index (χ0) is 20.3. The molecular formula is C23H23N3O3. The summed E-state index contributed by atoms with van der Waals surface area (Å²) in [6.45, 7) is 2.11. The van der Waals surface area contributed by atoms with Gasteiger partial charge in [-0.25, -0.2) is 4.79 Å². The topological polar surface area (TPSA) is 75.4 Å². The van der Waals surface area contributed by atoms with Crippen molar-refractivity contribution < 1.29 is 14.1 Å². The van der Waals surface area contributed by atoms with Gasteiger partial charge in [-0.1, -0.05) is 85.6 Å². The molecule has 3 aromatic rings. The highest BCUT2D eigenvalue weighted by molar-refractivity contribution is 6.07. The van der Waals surface area contributed by atoms with E-state index in [2.05, 4.69) is 17.4 Å². The van der Waals surface area contributed by atoms with Gasteiger partial charge in [-0.2, -0.15) is 0 Å². The van der Waals surface area contributed by atoms with Crippen LogP contribution in [0, 0.1) is 0 Å². The van der Waals surface area contributed by atoms with Crippen molar-refractivity contribution in [3.8, 4) is 11.3 Å². The number of amides is 3. The molecule has 6 nitrogen and oxygen atoms in total. The zero-order valence-corrected chi connectivity index (χ0v) is 16.3. The van der Waals surface area contributed by atoms with Crippen LogP contribution in [0.15, 0.2) is 71.3 Å². The molecule has 4 rings (SSSR count). The molecule has 1 aromatic heterocycles. The van der Waals surface area contributed by atoms with E-state index < -0.39 is 11.6 Å². The van der Waals surface area contributed by atoms with E-state index in [-0.39, 0.29) is 12.5 Å². The van der Waals surface area contributed by atoms with Gasteiger partial charge in [-0.05, 0) is 12.0 Å². The van der Waals surface area contributed by atoms with Gasteiger partial charge in [0.15, 0.2) is 5.76 Å². The van der Waals surface area contributed by atoms with E-state index in [0.717, 1.165) is 24.0 Å². The van der Waals surface area contributed by atoms with Gasteiger partial charge in [0.1, 0.15) is 11.2 Å². The van der Waals surface area contributed by atoms with Crippen LogP contribution in [0.3, 0.4) is 0 Å². The molecule has 1 fully saturated rings. The van der Waals surface area contributed by atoms with Crippen molar-refractivity contribution >= 4 is 11.9 Å². The second-order valence-corrected chi connectivity index (χ2v) is 7.24. The van der Waals surface area contributed by atoms with Crippen LogP contribution in [0.2, 0.25) is 0 Å². The summed E-state index contributed by atoms with van der Waals surface area (Å²) in [5.74, 6) is 0.214. The second kappa shape index (κ2) is 7.91. The molecule has 0 aliphatic carbocycles. The maximum atomic E-state index is 13.4. The molecule has 1 unspecified atom stereocenters. The molecule has 1 aliphatic heterocycles. The number of rotatable bonds is 7. The summed E-state index contributed by atoms with van der Waals surface area (Å²) in [7, 11) is 0. The number of carbonyl (C=O) groups is 2. The van der Waals surface area contributed by atoms with Crippen molar-refractivity contribution in [1.29, 1.82) is 0 Å². The van der Waals surface area contributed by atoms with Crippen molar-refractivity contribution in [3.05, 3.63) is 78.1 Å². The van der Waals surface area contributed by atoms with Crippen LogP contribution in [-0.4, -0.2) is 22.0 Å². The van der Waals surface area contributed by atoms with Gasteiger partial charge in [-0.15, -0.1) is 0 Å². The quantitative estimate of drug-likeness (QED) is 0.605. The lowest BCUT2D eigenvalue weighted by Crippen LogP contribution is -2.44. The lowest BCUT2D eigenvalue weighted by atomic mass is 9.85. The highest BCUT2D eigenvalue weighted by Gasteiger charge is 2.52. The molecule has 1 N–H and O–H groups in total. The fourth-order valence-corrected chi connectivity index (χ4v) is 3.73. The van der Waals surface area contributed by atoms with Crippen LogP contribution in [0.4, 0.5) is 4.79 Å². The molecule has 1 aliphatic rings. The maximum Gasteiger partial charge on any atom is 0.325 e. The van der Waals surface area contributed by atoms with Gasteiger partial charge >= 0.3 is 6.03 Å². The average molecular weight is 389 g/mol. The number of benzene rings is 2. The zero-order valence-electron chi connectivity index (χ0n) is 16.3. The molecule has 1 saturated heterocycles. The summed E-state index contributed by atoms with van der Waals surface area (Å²) in [4.78, 5) is 27.4. The normalized spacial score (nSPS) is 18.9. The molecule has 6 heteroatoms. The number of imide groups is 1. The molecule has 0 spiro atoms. The molecule has 0 radical (unpaired) electrons. The first kappa shape index (κ1) is 18.9. The number of unbranched alkanes of at least 4 members (excludes halogenated alkanes) is 1. The van der Waals surface area contributed by atoms with E-state index in [0.29, 0.717) is 17.9 Å². The largest absolute Gasteiger partial charge is 0.359 e. The second-order valence-electron chi connectivity index (χ2n) is 7.24. The number of urea groups is 1. The van der Waals surface area contributed by atoms with Crippen LogP contribution in [0.25, 0.3) is 11.3 Å².